The van der Waals surface area contributed by atoms with Gasteiger partial charge in [-0.3, -0.25) is 9.59 Å². The van der Waals surface area contributed by atoms with Gasteiger partial charge >= 0.3 is 0 Å². The predicted octanol–water partition coefficient (Wildman–Crippen LogP) is 1.80. The van der Waals surface area contributed by atoms with E-state index in [2.05, 4.69) is 0 Å². The van der Waals surface area contributed by atoms with Crippen molar-refractivity contribution in [3.05, 3.63) is 22.7 Å². The number of nitrogens with zero attached hydrogens (tertiary/aromatic N) is 2. The summed E-state index contributed by atoms with van der Waals surface area (Å²) in [5, 5.41) is 0.298. The highest BCUT2D eigenvalue weighted by molar-refractivity contribution is 6.33. The van der Waals surface area contributed by atoms with Gasteiger partial charge in [0.05, 0.1) is 23.4 Å². The maximum Gasteiger partial charge on any atom is 0.258 e. The highest BCUT2D eigenvalue weighted by Crippen LogP contribution is 2.31. The number of halogens is 2. The second-order valence-corrected chi connectivity index (χ2v) is 6.03. The Bertz CT molecular complexity index is 635. The lowest BCUT2D eigenvalue weighted by Gasteiger charge is -2.34. The van der Waals surface area contributed by atoms with Crippen molar-refractivity contribution < 1.29 is 14.3 Å². The first kappa shape index (κ1) is 17.7. The van der Waals surface area contributed by atoms with Crippen LogP contribution in [0.4, 0.5) is 5.69 Å². The monoisotopic (exact) mass is 359 g/mol. The van der Waals surface area contributed by atoms with Gasteiger partial charge in [0, 0.05) is 25.2 Å². The molecule has 0 atom stereocenters. The number of methoxy groups -OCH3 is 1. The zero-order valence-corrected chi connectivity index (χ0v) is 14.3. The van der Waals surface area contributed by atoms with Crippen molar-refractivity contribution in [2.75, 3.05) is 32.5 Å². The van der Waals surface area contributed by atoms with E-state index in [1.165, 1.54) is 24.1 Å². The molecule has 0 bridgehead atoms. The van der Waals surface area contributed by atoms with Crippen molar-refractivity contribution in [2.45, 2.75) is 18.9 Å². The van der Waals surface area contributed by atoms with Gasteiger partial charge in [0.1, 0.15) is 12.3 Å². The fraction of sp³-hybridized carbons (Fsp3) is 0.467. The van der Waals surface area contributed by atoms with E-state index in [0.29, 0.717) is 41.2 Å². The minimum absolute atomic E-state index is 0. The number of amides is 2. The van der Waals surface area contributed by atoms with Crippen LogP contribution >= 0.6 is 24.0 Å². The average molecular weight is 360 g/mol. The number of nitrogens with two attached hydrogens (primary N) is 1. The minimum Gasteiger partial charge on any atom is -0.496 e. The Kier molecular flexibility index (Phi) is 5.26. The summed E-state index contributed by atoms with van der Waals surface area (Å²) >= 11 is 6.00. The number of carbonyl (C=O) groups excluding carboxylic acids is 2. The molecule has 0 unspecified atom stereocenters. The Balaban J connectivity index is 0.00000192. The largest absolute Gasteiger partial charge is 0.496 e. The number of piperazine rings is 1. The van der Waals surface area contributed by atoms with E-state index in [1.807, 2.05) is 4.90 Å². The molecule has 6 nitrogen and oxygen atoms in total. The molecule has 1 heterocycles. The molecule has 1 aromatic carbocycles. The van der Waals surface area contributed by atoms with Crippen molar-refractivity contribution >= 4 is 41.5 Å². The van der Waals surface area contributed by atoms with Crippen molar-refractivity contribution in [2.24, 2.45) is 0 Å². The number of carbonyl (C=O) groups is 2. The van der Waals surface area contributed by atoms with E-state index in [9.17, 15) is 9.59 Å². The van der Waals surface area contributed by atoms with Crippen LogP contribution in [0.25, 0.3) is 0 Å². The predicted molar refractivity (Wildman–Crippen MR) is 90.3 cm³/mol. The van der Waals surface area contributed by atoms with Crippen LogP contribution in [0.15, 0.2) is 12.1 Å². The number of rotatable bonds is 3. The summed E-state index contributed by atoms with van der Waals surface area (Å²) in [4.78, 5) is 28.2. The quantitative estimate of drug-likeness (QED) is 0.834. The molecule has 2 amide bonds. The van der Waals surface area contributed by atoms with E-state index in [4.69, 9.17) is 22.1 Å². The van der Waals surface area contributed by atoms with E-state index in [1.54, 1.807) is 0 Å². The summed E-state index contributed by atoms with van der Waals surface area (Å²) in [7, 11) is 1.47. The van der Waals surface area contributed by atoms with Crippen molar-refractivity contribution in [3.63, 3.8) is 0 Å². The molecule has 1 aliphatic heterocycles. The molecule has 0 aromatic heterocycles. The van der Waals surface area contributed by atoms with Crippen LogP contribution in [0.1, 0.15) is 23.2 Å². The van der Waals surface area contributed by atoms with Gasteiger partial charge in [-0.1, -0.05) is 11.6 Å². The lowest BCUT2D eigenvalue weighted by atomic mass is 10.1. The summed E-state index contributed by atoms with van der Waals surface area (Å²) in [6.07, 6.45) is 2.14. The first-order valence-electron chi connectivity index (χ1n) is 7.23. The molecule has 23 heavy (non-hydrogen) atoms. The van der Waals surface area contributed by atoms with Crippen molar-refractivity contribution in [3.8, 4) is 5.75 Å². The lowest BCUT2D eigenvalue weighted by Crippen LogP contribution is -2.52. The molecule has 8 heteroatoms. The maximum atomic E-state index is 12.7. The molecule has 3 rings (SSSR count). The minimum atomic E-state index is -0.262. The fourth-order valence-electron chi connectivity index (χ4n) is 2.71. The van der Waals surface area contributed by atoms with Gasteiger partial charge in [-0.2, -0.15) is 0 Å². The Morgan fingerprint density at radius 2 is 2.04 bits per heavy atom. The van der Waals surface area contributed by atoms with Crippen LogP contribution < -0.4 is 10.5 Å². The first-order chi connectivity index (χ1) is 10.5. The molecule has 0 radical (unpaired) electrons. The molecule has 2 N–H and O–H groups in total. The van der Waals surface area contributed by atoms with E-state index in [0.717, 1.165) is 12.8 Å². The Morgan fingerprint density at radius 1 is 1.35 bits per heavy atom. The topological polar surface area (TPSA) is 75.9 Å². The lowest BCUT2D eigenvalue weighted by molar-refractivity contribution is -0.135. The van der Waals surface area contributed by atoms with Gasteiger partial charge in [-0.05, 0) is 18.9 Å². The van der Waals surface area contributed by atoms with Gasteiger partial charge in [0.2, 0.25) is 5.91 Å². The summed E-state index contributed by atoms with van der Waals surface area (Å²) in [5.41, 5.74) is 6.41. The molecule has 1 saturated heterocycles. The fourth-order valence-corrected chi connectivity index (χ4v) is 2.87. The van der Waals surface area contributed by atoms with Crippen molar-refractivity contribution in [1.82, 2.24) is 9.80 Å². The highest BCUT2D eigenvalue weighted by atomic mass is 35.5. The summed E-state index contributed by atoms with van der Waals surface area (Å²) in [6, 6.07) is 3.40. The van der Waals surface area contributed by atoms with Crippen molar-refractivity contribution in [1.29, 1.82) is 0 Å². The smallest absolute Gasteiger partial charge is 0.258 e. The molecule has 2 aliphatic rings. The number of anilines is 1. The summed E-state index contributed by atoms with van der Waals surface area (Å²) in [5.74, 6) is 0.106. The average Bonchev–Trinajstić information content (AvgIpc) is 3.33. The molecule has 1 aliphatic carbocycles. The van der Waals surface area contributed by atoms with Gasteiger partial charge in [0.15, 0.2) is 0 Å². The number of ether oxygens (including phenoxy) is 1. The molecular formula is C15H19Cl2N3O3. The van der Waals surface area contributed by atoms with Gasteiger partial charge < -0.3 is 20.3 Å². The zero-order chi connectivity index (χ0) is 15.9. The van der Waals surface area contributed by atoms with Crippen LogP contribution in [0.3, 0.4) is 0 Å². The number of benzene rings is 1. The third-order valence-corrected chi connectivity index (χ3v) is 4.41. The number of hydrogen-bond acceptors (Lipinski definition) is 4. The Labute approximate surface area is 145 Å². The third kappa shape index (κ3) is 3.48. The van der Waals surface area contributed by atoms with E-state index in [-0.39, 0.29) is 30.8 Å². The van der Waals surface area contributed by atoms with Crippen LogP contribution in [0.2, 0.25) is 5.02 Å². The van der Waals surface area contributed by atoms with Crippen LogP contribution in [0, 0.1) is 0 Å². The van der Waals surface area contributed by atoms with Crippen LogP contribution in [0.5, 0.6) is 5.75 Å². The van der Waals surface area contributed by atoms with E-state index < -0.39 is 0 Å². The summed E-state index contributed by atoms with van der Waals surface area (Å²) in [6.45, 7) is 1.20. The molecule has 1 saturated carbocycles. The van der Waals surface area contributed by atoms with E-state index >= 15 is 0 Å². The second kappa shape index (κ2) is 6.84. The number of nitrogen functional groups attached to an aromatic ring is 1. The first-order valence-corrected chi connectivity index (χ1v) is 7.61. The zero-order valence-electron chi connectivity index (χ0n) is 12.8. The van der Waals surface area contributed by atoms with Gasteiger partial charge in [-0.25, -0.2) is 0 Å². The third-order valence-electron chi connectivity index (χ3n) is 4.08. The Morgan fingerprint density at radius 3 is 2.61 bits per heavy atom. The molecule has 1 aromatic rings. The highest BCUT2D eigenvalue weighted by Gasteiger charge is 2.37. The Hall–Kier alpha value is -1.66. The SMILES string of the molecule is COc1cc(N)c(Cl)cc1C(=O)N1CCN(C2CC2)C(=O)C1.Cl. The standard InChI is InChI=1S/C15H18ClN3O3.ClH/c1-22-13-7-12(17)11(16)6-10(13)15(21)18-4-5-19(9-2-3-9)14(20)8-18;/h6-7,9H,2-5,8,17H2,1H3;1H. The molecule has 2 fully saturated rings. The van der Waals surface area contributed by atoms with Crippen LogP contribution in [-0.2, 0) is 4.79 Å². The summed E-state index contributed by atoms with van der Waals surface area (Å²) < 4.78 is 5.21. The van der Waals surface area contributed by atoms with Gasteiger partial charge in [-0.15, -0.1) is 12.4 Å². The number of hydrogen-bond donors (Lipinski definition) is 1. The molecular weight excluding hydrogens is 341 g/mol. The maximum absolute atomic E-state index is 12.7. The van der Waals surface area contributed by atoms with Crippen LogP contribution in [-0.4, -0.2) is 54.4 Å². The van der Waals surface area contributed by atoms with Gasteiger partial charge in [0.25, 0.3) is 5.91 Å². The normalized spacial score (nSPS) is 17.7. The second-order valence-electron chi connectivity index (χ2n) is 5.62. The molecule has 0 spiro atoms. The molecule has 126 valence electrons.